The summed E-state index contributed by atoms with van der Waals surface area (Å²) < 4.78 is 34.9. The molecule has 0 aromatic heterocycles. The maximum atomic E-state index is 13.1. The quantitative estimate of drug-likeness (QED) is 0.412. The van der Waals surface area contributed by atoms with Crippen molar-refractivity contribution in [1.29, 1.82) is 0 Å². The highest BCUT2D eigenvalue weighted by Gasteiger charge is 2.29. The van der Waals surface area contributed by atoms with Crippen molar-refractivity contribution in [2.45, 2.75) is 65.2 Å². The van der Waals surface area contributed by atoms with Gasteiger partial charge in [0.05, 0.1) is 16.5 Å². The van der Waals surface area contributed by atoms with Crippen LogP contribution < -0.4 is 9.46 Å². The first-order valence-electron chi connectivity index (χ1n) is 10.7. The molecule has 6 nitrogen and oxygen atoms in total. The van der Waals surface area contributed by atoms with E-state index in [9.17, 15) is 13.2 Å². The maximum Gasteiger partial charge on any atom is 0.335 e. The topological polar surface area (TPSA) is 92.7 Å². The highest BCUT2D eigenvalue weighted by atomic mass is 32.2. The van der Waals surface area contributed by atoms with Gasteiger partial charge < -0.3 is 9.84 Å². The molecule has 1 unspecified atom stereocenters. The number of hydrogen-bond acceptors (Lipinski definition) is 4. The number of benzene rings is 2. The predicted octanol–water partition coefficient (Wildman–Crippen LogP) is 5.62. The molecule has 0 heterocycles. The molecule has 0 aliphatic heterocycles. The number of anilines is 1. The average Bonchev–Trinajstić information content (AvgIpc) is 2.71. The van der Waals surface area contributed by atoms with Crippen molar-refractivity contribution in [2.24, 2.45) is 5.92 Å². The fourth-order valence-electron chi connectivity index (χ4n) is 3.41. The second-order valence-electron chi connectivity index (χ2n) is 8.22. The number of aromatic carboxylic acids is 1. The van der Waals surface area contributed by atoms with Gasteiger partial charge in [-0.2, -0.15) is 0 Å². The van der Waals surface area contributed by atoms with E-state index in [4.69, 9.17) is 9.84 Å². The van der Waals surface area contributed by atoms with Gasteiger partial charge >= 0.3 is 5.97 Å². The smallest absolute Gasteiger partial charge is 0.335 e. The molecule has 2 aromatic rings. The third-order valence-corrected chi connectivity index (χ3v) is 7.30. The van der Waals surface area contributed by atoms with Crippen LogP contribution in [-0.4, -0.2) is 24.7 Å². The van der Waals surface area contributed by atoms with Gasteiger partial charge in [0.15, 0.2) is 0 Å². The Morgan fingerprint density at radius 3 is 2.35 bits per heavy atom. The first-order valence-corrected chi connectivity index (χ1v) is 12.3. The van der Waals surface area contributed by atoms with Crippen molar-refractivity contribution in [3.05, 3.63) is 59.2 Å². The molecular formula is C24H33NO5S. The monoisotopic (exact) mass is 447 g/mol. The number of carboxylic acids is 1. The Hall–Kier alpha value is -2.54. The Morgan fingerprint density at radius 2 is 1.77 bits per heavy atom. The molecule has 0 radical (unpaired) electrons. The highest BCUT2D eigenvalue weighted by Crippen LogP contribution is 2.30. The van der Waals surface area contributed by atoms with E-state index in [-0.39, 0.29) is 18.1 Å². The van der Waals surface area contributed by atoms with Crippen molar-refractivity contribution < 1.29 is 23.1 Å². The van der Waals surface area contributed by atoms with E-state index in [2.05, 4.69) is 11.6 Å². The number of carboxylic acid groups (broad SMARTS) is 1. The zero-order valence-corrected chi connectivity index (χ0v) is 19.5. The lowest BCUT2D eigenvalue weighted by molar-refractivity contribution is 0.0697. The van der Waals surface area contributed by atoms with Crippen LogP contribution in [0.25, 0.3) is 0 Å². The second kappa shape index (κ2) is 11.2. The molecule has 2 aromatic carbocycles. The lowest BCUT2D eigenvalue weighted by Crippen LogP contribution is -2.32. The minimum absolute atomic E-state index is 0.00285. The fourth-order valence-corrected chi connectivity index (χ4v) is 5.23. The minimum atomic E-state index is -3.58. The largest absolute Gasteiger partial charge is 0.487 e. The molecule has 0 amide bonds. The van der Waals surface area contributed by atoms with Crippen LogP contribution in [0.4, 0.5) is 5.69 Å². The van der Waals surface area contributed by atoms with Crippen LogP contribution >= 0.6 is 0 Å². The summed E-state index contributed by atoms with van der Waals surface area (Å²) in [5.74, 6) is -0.541. The molecular weight excluding hydrogens is 414 g/mol. The summed E-state index contributed by atoms with van der Waals surface area (Å²) >= 11 is 0. The van der Waals surface area contributed by atoms with E-state index in [0.717, 1.165) is 30.4 Å². The molecule has 0 spiro atoms. The molecule has 0 saturated carbocycles. The van der Waals surface area contributed by atoms with E-state index in [1.54, 1.807) is 24.3 Å². The summed E-state index contributed by atoms with van der Waals surface area (Å²) in [6.07, 6.45) is 3.56. The number of ether oxygens (including phenoxy) is 1. The first kappa shape index (κ1) is 24.7. The van der Waals surface area contributed by atoms with Crippen LogP contribution in [-0.2, 0) is 16.6 Å². The van der Waals surface area contributed by atoms with Crippen LogP contribution in [0, 0.1) is 12.8 Å². The van der Waals surface area contributed by atoms with Gasteiger partial charge in [0.2, 0.25) is 10.0 Å². The summed E-state index contributed by atoms with van der Waals surface area (Å²) in [5, 5.41) is 8.54. The van der Waals surface area contributed by atoms with Gasteiger partial charge in [-0.25, -0.2) is 13.2 Å². The highest BCUT2D eigenvalue weighted by molar-refractivity contribution is 7.93. The Bertz CT molecular complexity index is 968. The van der Waals surface area contributed by atoms with Crippen molar-refractivity contribution in [1.82, 2.24) is 0 Å². The predicted molar refractivity (Wildman–Crippen MR) is 124 cm³/mol. The minimum Gasteiger partial charge on any atom is -0.487 e. The van der Waals surface area contributed by atoms with Gasteiger partial charge in [-0.1, -0.05) is 58.2 Å². The SMILES string of the molecule is CCCCCC(C(C)C)S(=O)(=O)Nc1ccc(C)cc1OCc1ccc(C(=O)O)cc1. The van der Waals surface area contributed by atoms with Gasteiger partial charge in [-0.15, -0.1) is 0 Å². The molecule has 0 bridgehead atoms. The molecule has 0 fully saturated rings. The number of rotatable bonds is 12. The van der Waals surface area contributed by atoms with Gasteiger partial charge in [-0.3, -0.25) is 4.72 Å². The van der Waals surface area contributed by atoms with Gasteiger partial charge in [0.1, 0.15) is 12.4 Å². The van der Waals surface area contributed by atoms with Crippen LogP contribution in [0.3, 0.4) is 0 Å². The maximum absolute atomic E-state index is 13.1. The van der Waals surface area contributed by atoms with Crippen LogP contribution in [0.5, 0.6) is 5.75 Å². The van der Waals surface area contributed by atoms with Gasteiger partial charge in [0, 0.05) is 0 Å². The van der Waals surface area contributed by atoms with E-state index < -0.39 is 21.2 Å². The molecule has 0 aliphatic carbocycles. The fraction of sp³-hybridized carbons (Fsp3) is 0.458. The summed E-state index contributed by atoms with van der Waals surface area (Å²) in [6.45, 7) is 8.07. The van der Waals surface area contributed by atoms with Crippen molar-refractivity contribution >= 4 is 21.7 Å². The molecule has 7 heteroatoms. The Morgan fingerprint density at radius 1 is 1.10 bits per heavy atom. The standard InChI is InChI=1S/C24H33NO5S/c1-5-6-7-8-23(17(2)3)31(28,29)25-21-14-9-18(4)15-22(21)30-16-19-10-12-20(13-11-19)24(26)27/h9-15,17,23,25H,5-8,16H2,1-4H3,(H,26,27). The van der Waals surface area contributed by atoms with E-state index in [1.807, 2.05) is 26.8 Å². The summed E-state index contributed by atoms with van der Waals surface area (Å²) in [5.41, 5.74) is 2.35. The third-order valence-electron chi connectivity index (χ3n) is 5.22. The molecule has 0 aliphatic rings. The summed E-state index contributed by atoms with van der Waals surface area (Å²) in [4.78, 5) is 11.0. The number of hydrogen-bond donors (Lipinski definition) is 2. The number of carbonyl (C=O) groups is 1. The first-order chi connectivity index (χ1) is 14.6. The zero-order valence-electron chi connectivity index (χ0n) is 18.7. The van der Waals surface area contributed by atoms with Crippen LogP contribution in [0.2, 0.25) is 0 Å². The number of nitrogens with one attached hydrogen (secondary N) is 1. The lowest BCUT2D eigenvalue weighted by atomic mass is 10.0. The molecule has 1 atom stereocenters. The van der Waals surface area contributed by atoms with E-state index in [0.29, 0.717) is 17.9 Å². The van der Waals surface area contributed by atoms with Crippen molar-refractivity contribution in [3.63, 3.8) is 0 Å². The Labute approximate surface area is 185 Å². The van der Waals surface area contributed by atoms with E-state index in [1.165, 1.54) is 12.1 Å². The summed E-state index contributed by atoms with van der Waals surface area (Å²) in [6, 6.07) is 11.8. The average molecular weight is 448 g/mol. The zero-order chi connectivity index (χ0) is 23.0. The number of sulfonamides is 1. The number of aryl methyl sites for hydroxylation is 1. The van der Waals surface area contributed by atoms with Crippen LogP contribution in [0.15, 0.2) is 42.5 Å². The molecule has 31 heavy (non-hydrogen) atoms. The molecule has 2 N–H and O–H groups in total. The Kier molecular flexibility index (Phi) is 8.92. The third kappa shape index (κ3) is 7.28. The van der Waals surface area contributed by atoms with E-state index >= 15 is 0 Å². The lowest BCUT2D eigenvalue weighted by Gasteiger charge is -2.23. The van der Waals surface area contributed by atoms with Gasteiger partial charge in [-0.05, 0) is 54.7 Å². The number of unbranched alkanes of at least 4 members (excludes halogenated alkanes) is 2. The Balaban J connectivity index is 2.18. The molecule has 2 rings (SSSR count). The van der Waals surface area contributed by atoms with Crippen LogP contribution in [0.1, 0.15) is 67.9 Å². The van der Waals surface area contributed by atoms with Crippen molar-refractivity contribution in [2.75, 3.05) is 4.72 Å². The molecule has 170 valence electrons. The normalized spacial score (nSPS) is 12.5. The van der Waals surface area contributed by atoms with Gasteiger partial charge in [0.25, 0.3) is 0 Å². The second-order valence-corrected chi connectivity index (χ2v) is 10.1. The summed E-state index contributed by atoms with van der Waals surface area (Å²) in [7, 11) is -3.58. The van der Waals surface area contributed by atoms with Crippen molar-refractivity contribution in [3.8, 4) is 5.75 Å². The molecule has 0 saturated heterocycles.